The van der Waals surface area contributed by atoms with E-state index >= 15 is 0 Å². The predicted molar refractivity (Wildman–Crippen MR) is 275 cm³/mol. The summed E-state index contributed by atoms with van der Waals surface area (Å²) in [6.07, 6.45) is 0.876. The van der Waals surface area contributed by atoms with Gasteiger partial charge in [0.1, 0.15) is 30.0 Å². The van der Waals surface area contributed by atoms with Crippen molar-refractivity contribution in [2.24, 2.45) is 11.8 Å². The molecule has 3 saturated heterocycles. The fourth-order valence-corrected chi connectivity index (χ4v) is 10.4. The molecule has 3 aliphatic heterocycles. The summed E-state index contributed by atoms with van der Waals surface area (Å²) >= 11 is 0. The summed E-state index contributed by atoms with van der Waals surface area (Å²) in [6.45, 7) is 9.20. The molecule has 3 aromatic carbocycles. The molecule has 3 aliphatic rings. The first kappa shape index (κ1) is 51.1. The van der Waals surface area contributed by atoms with Crippen molar-refractivity contribution in [3.63, 3.8) is 0 Å². The topological polar surface area (TPSA) is 122 Å². The molecular formula is C56H64F4N8O5. The fraction of sp³-hybridized carbons (Fsp3) is 0.446. The number of nitrogens with zero attached hydrogens (tertiary/aromatic N) is 6. The molecule has 386 valence electrons. The van der Waals surface area contributed by atoms with Gasteiger partial charge in [-0.3, -0.25) is 9.59 Å². The third kappa shape index (κ3) is 13.3. The number of carbonyl (C=O) groups excluding carboxylic acids is 1. The number of fused-ring (bicyclic) bond motifs is 1. The molecule has 0 radical (unpaired) electrons. The van der Waals surface area contributed by atoms with Crippen molar-refractivity contribution in [1.29, 1.82) is 0 Å². The van der Waals surface area contributed by atoms with E-state index in [1.54, 1.807) is 41.0 Å². The molecule has 0 saturated carbocycles. The first-order valence-corrected chi connectivity index (χ1v) is 25.3. The van der Waals surface area contributed by atoms with E-state index in [2.05, 4.69) is 32.5 Å². The van der Waals surface area contributed by atoms with Crippen LogP contribution in [0.1, 0.15) is 54.8 Å². The fourth-order valence-electron chi connectivity index (χ4n) is 10.4. The van der Waals surface area contributed by atoms with Crippen LogP contribution in [0.15, 0.2) is 100 Å². The first-order valence-electron chi connectivity index (χ1n) is 25.3. The van der Waals surface area contributed by atoms with Gasteiger partial charge < -0.3 is 48.5 Å². The molecule has 3 aromatic heterocycles. The maximum atomic E-state index is 14.9. The quantitative estimate of drug-likeness (QED) is 0.0718. The normalized spacial score (nSPS) is 18.4. The van der Waals surface area contributed by atoms with Crippen molar-refractivity contribution < 1.29 is 36.4 Å². The second-order valence-electron chi connectivity index (χ2n) is 19.9. The van der Waals surface area contributed by atoms with E-state index in [1.807, 2.05) is 85.4 Å². The number of anilines is 2. The van der Waals surface area contributed by atoms with Crippen LogP contribution in [-0.2, 0) is 17.9 Å². The number of carbonyl (C=O) groups is 1. The highest BCUT2D eigenvalue weighted by atomic mass is 19.4. The number of pyridine rings is 1. The van der Waals surface area contributed by atoms with Gasteiger partial charge in [-0.2, -0.15) is 13.2 Å². The van der Waals surface area contributed by atoms with Gasteiger partial charge in [-0.05, 0) is 150 Å². The molecule has 17 heteroatoms. The number of piperidine rings is 3. The number of alkyl halides is 4. The van der Waals surface area contributed by atoms with Crippen LogP contribution in [0.3, 0.4) is 0 Å². The number of amides is 1. The van der Waals surface area contributed by atoms with E-state index < -0.39 is 24.9 Å². The average Bonchev–Trinajstić information content (AvgIpc) is 3.90. The Kier molecular flexibility index (Phi) is 16.1. The number of likely N-dealkylation sites (tertiary alicyclic amines) is 3. The maximum absolute atomic E-state index is 14.9. The van der Waals surface area contributed by atoms with Crippen molar-refractivity contribution in [2.45, 2.75) is 77.4 Å². The molecule has 2 atom stereocenters. The van der Waals surface area contributed by atoms with Crippen molar-refractivity contribution in [3.05, 3.63) is 124 Å². The number of benzene rings is 3. The molecule has 2 N–H and O–H groups in total. The largest absolute Gasteiger partial charge is 0.493 e. The predicted octanol–water partition coefficient (Wildman–Crippen LogP) is 9.01. The standard InChI is InChI=1S/C56H64F4N8O5/c1-38-55(39(2)73-63-38)43-12-17-53(69)67(33-43)32-42-7-4-9-47(29-42)72-36-54(70)66-27-20-40(21-28-66)31-65-25-18-41(19-26-65)35-71-46-15-13-44(14-16-46)61-23-6-8-45-30-48-50(62-51-22-24-64(3)34-49(51)57)10-5-11-52(48)68(45)37-56(58,59)60/h4-5,7,9-17,29-30,33,40-41,49,51,61-62H,18-28,31-32,34-37H2,1-3H3. The summed E-state index contributed by atoms with van der Waals surface area (Å²) in [4.78, 5) is 32.3. The van der Waals surface area contributed by atoms with E-state index in [0.29, 0.717) is 79.1 Å². The SMILES string of the molecule is Cc1noc(C)c1-c1ccc(=O)n(Cc2cccc(OCC(=O)N3CCC(CN4CCC(COc5ccc(NCC#Cc6cc7c(NC8CCN(C)CC8F)cccc7n6CC(F)(F)F)cc5)CC4)CC3)c2)c1. The van der Waals surface area contributed by atoms with E-state index in [1.165, 1.54) is 4.57 Å². The summed E-state index contributed by atoms with van der Waals surface area (Å²) < 4.78 is 76.5. The lowest BCUT2D eigenvalue weighted by molar-refractivity contribution is -0.140. The number of aromatic nitrogens is 3. The Morgan fingerprint density at radius 1 is 0.877 bits per heavy atom. The minimum Gasteiger partial charge on any atom is -0.493 e. The number of hydrogen-bond donors (Lipinski definition) is 2. The minimum atomic E-state index is -4.45. The number of halogens is 4. The molecule has 3 fully saturated rings. The maximum Gasteiger partial charge on any atom is 0.406 e. The highest BCUT2D eigenvalue weighted by Gasteiger charge is 2.32. The van der Waals surface area contributed by atoms with Crippen molar-refractivity contribution >= 4 is 28.2 Å². The number of rotatable bonds is 16. The van der Waals surface area contributed by atoms with Crippen LogP contribution >= 0.6 is 0 Å². The first-order chi connectivity index (χ1) is 35.2. The van der Waals surface area contributed by atoms with Gasteiger partial charge in [-0.15, -0.1) is 0 Å². The number of hydrogen-bond acceptors (Lipinski definition) is 10. The summed E-state index contributed by atoms with van der Waals surface area (Å²) in [5.41, 5.74) is 5.29. The lowest BCUT2D eigenvalue weighted by atomic mass is 9.93. The van der Waals surface area contributed by atoms with Gasteiger partial charge >= 0.3 is 6.18 Å². The van der Waals surface area contributed by atoms with Gasteiger partial charge in [-0.1, -0.05) is 29.3 Å². The molecule has 1 amide bonds. The summed E-state index contributed by atoms with van der Waals surface area (Å²) in [6, 6.07) is 24.8. The highest BCUT2D eigenvalue weighted by Crippen LogP contribution is 2.33. The van der Waals surface area contributed by atoms with Crippen LogP contribution in [0.25, 0.3) is 22.0 Å². The van der Waals surface area contributed by atoms with E-state index in [4.69, 9.17) is 14.0 Å². The molecule has 13 nitrogen and oxygen atoms in total. The van der Waals surface area contributed by atoms with Crippen molar-refractivity contribution in [1.82, 2.24) is 29.0 Å². The van der Waals surface area contributed by atoms with Crippen LogP contribution in [-0.4, -0.2) is 126 Å². The Balaban J connectivity index is 0.674. The molecule has 0 spiro atoms. The Hall–Kier alpha value is -6.77. The Bertz CT molecular complexity index is 2940. The van der Waals surface area contributed by atoms with E-state index in [0.717, 1.165) is 85.7 Å². The van der Waals surface area contributed by atoms with Crippen LogP contribution in [0.2, 0.25) is 0 Å². The Morgan fingerprint density at radius 3 is 2.38 bits per heavy atom. The van der Waals surface area contributed by atoms with Gasteiger partial charge in [0.25, 0.3) is 11.5 Å². The number of ether oxygens (including phenoxy) is 2. The van der Waals surface area contributed by atoms with Gasteiger partial charge in [0, 0.05) is 72.9 Å². The Labute approximate surface area is 423 Å². The zero-order valence-electron chi connectivity index (χ0n) is 41.7. The van der Waals surface area contributed by atoms with Gasteiger partial charge in [0.15, 0.2) is 6.61 Å². The lowest BCUT2D eigenvalue weighted by Crippen LogP contribution is -2.46. The average molecular weight is 1010 g/mol. The second kappa shape index (κ2) is 23.0. The summed E-state index contributed by atoms with van der Waals surface area (Å²) in [5.74, 6) is 8.94. The summed E-state index contributed by atoms with van der Waals surface area (Å²) in [7, 11) is 1.87. The van der Waals surface area contributed by atoms with Crippen molar-refractivity contribution in [2.75, 3.05) is 83.3 Å². The lowest BCUT2D eigenvalue weighted by Gasteiger charge is -2.37. The molecule has 73 heavy (non-hydrogen) atoms. The third-order valence-electron chi connectivity index (χ3n) is 14.4. The van der Waals surface area contributed by atoms with E-state index in [-0.39, 0.29) is 30.3 Å². The number of aryl methyl sites for hydroxylation is 2. The Morgan fingerprint density at radius 2 is 1.64 bits per heavy atom. The monoisotopic (exact) mass is 1000 g/mol. The second-order valence-corrected chi connectivity index (χ2v) is 19.9. The van der Waals surface area contributed by atoms with Crippen LogP contribution in [0.4, 0.5) is 28.9 Å². The van der Waals surface area contributed by atoms with Crippen LogP contribution < -0.4 is 25.7 Å². The molecule has 0 bridgehead atoms. The molecule has 2 unspecified atom stereocenters. The van der Waals surface area contributed by atoms with Gasteiger partial charge in [-0.25, -0.2) is 4.39 Å². The molecule has 6 aromatic rings. The van der Waals surface area contributed by atoms with Crippen molar-refractivity contribution in [3.8, 4) is 34.5 Å². The zero-order chi connectivity index (χ0) is 51.1. The van der Waals surface area contributed by atoms with E-state index in [9.17, 15) is 27.2 Å². The highest BCUT2D eigenvalue weighted by molar-refractivity contribution is 5.94. The molecular weight excluding hydrogens is 941 g/mol. The smallest absolute Gasteiger partial charge is 0.406 e. The zero-order valence-corrected chi connectivity index (χ0v) is 41.7. The van der Waals surface area contributed by atoms with Gasteiger partial charge in [0.05, 0.1) is 42.6 Å². The minimum absolute atomic E-state index is 0.0265. The molecule has 0 aliphatic carbocycles. The molecule has 9 rings (SSSR count). The van der Waals surface area contributed by atoms with Crippen LogP contribution in [0, 0.1) is 37.5 Å². The summed E-state index contributed by atoms with van der Waals surface area (Å²) in [5, 5.41) is 11.1. The van der Waals surface area contributed by atoms with Crippen LogP contribution in [0.5, 0.6) is 11.5 Å². The van der Waals surface area contributed by atoms with Gasteiger partial charge in [0.2, 0.25) is 0 Å². The third-order valence-corrected chi connectivity index (χ3v) is 14.4. The number of nitrogens with one attached hydrogen (secondary N) is 2. The molecule has 6 heterocycles.